The van der Waals surface area contributed by atoms with E-state index in [4.69, 9.17) is 5.73 Å². The molecule has 2 aliphatic rings. The summed E-state index contributed by atoms with van der Waals surface area (Å²) in [5, 5.41) is 0. The molecule has 2 unspecified atom stereocenters. The van der Waals surface area contributed by atoms with Crippen LogP contribution in [0.1, 0.15) is 30.7 Å². The lowest BCUT2D eigenvalue weighted by atomic mass is 10.0. The Hall–Kier alpha value is -1.35. The van der Waals surface area contributed by atoms with Gasteiger partial charge in [0.1, 0.15) is 0 Å². The van der Waals surface area contributed by atoms with E-state index in [9.17, 15) is 4.79 Å². The number of benzene rings is 1. The van der Waals surface area contributed by atoms with Crippen LogP contribution in [0.3, 0.4) is 0 Å². The van der Waals surface area contributed by atoms with Crippen molar-refractivity contribution in [1.82, 2.24) is 4.90 Å². The van der Waals surface area contributed by atoms with E-state index in [1.54, 1.807) is 0 Å². The molecule has 1 saturated heterocycles. The molecule has 96 valence electrons. The summed E-state index contributed by atoms with van der Waals surface area (Å²) in [5.74, 6) is 1.02. The molecular weight excluding hydrogens is 224 g/mol. The maximum absolute atomic E-state index is 12.3. The highest BCUT2D eigenvalue weighted by Crippen LogP contribution is 2.48. The lowest BCUT2D eigenvalue weighted by molar-refractivity contribution is -0.133. The lowest BCUT2D eigenvalue weighted by Crippen LogP contribution is -2.43. The number of hydrogen-bond donors (Lipinski definition) is 1. The molecule has 0 bridgehead atoms. The monoisotopic (exact) mass is 244 g/mol. The Kier molecular flexibility index (Phi) is 3.08. The number of carbonyl (C=O) groups is 1. The van der Waals surface area contributed by atoms with Crippen molar-refractivity contribution in [3.05, 3.63) is 35.9 Å². The van der Waals surface area contributed by atoms with Crippen LogP contribution in [0, 0.1) is 5.92 Å². The first-order valence-electron chi connectivity index (χ1n) is 6.85. The standard InChI is InChI=1S/C15H20N2O/c16-12-6-8-17(9-7-12)15(18)14-10-13(14)11-4-2-1-3-5-11/h1-5,12-14H,6-10,16H2. The Balaban J connectivity index is 1.59. The first-order valence-corrected chi connectivity index (χ1v) is 6.85. The molecule has 1 aliphatic carbocycles. The molecule has 1 heterocycles. The zero-order valence-electron chi connectivity index (χ0n) is 10.6. The van der Waals surface area contributed by atoms with Gasteiger partial charge in [-0.05, 0) is 30.7 Å². The fourth-order valence-corrected chi connectivity index (χ4v) is 2.89. The van der Waals surface area contributed by atoms with Gasteiger partial charge in [-0.3, -0.25) is 4.79 Å². The molecule has 3 nitrogen and oxygen atoms in total. The summed E-state index contributed by atoms with van der Waals surface area (Å²) in [4.78, 5) is 14.3. The summed E-state index contributed by atoms with van der Waals surface area (Å²) in [6, 6.07) is 10.7. The summed E-state index contributed by atoms with van der Waals surface area (Å²) < 4.78 is 0. The van der Waals surface area contributed by atoms with Gasteiger partial charge in [0.25, 0.3) is 0 Å². The molecule has 3 heteroatoms. The number of rotatable bonds is 2. The third-order valence-corrected chi connectivity index (χ3v) is 4.19. The van der Waals surface area contributed by atoms with E-state index in [1.165, 1.54) is 5.56 Å². The number of amides is 1. The van der Waals surface area contributed by atoms with Crippen molar-refractivity contribution >= 4 is 5.91 Å². The van der Waals surface area contributed by atoms with Gasteiger partial charge in [0.15, 0.2) is 0 Å². The molecule has 18 heavy (non-hydrogen) atoms. The number of nitrogens with two attached hydrogens (primary N) is 1. The summed E-state index contributed by atoms with van der Waals surface area (Å²) in [7, 11) is 0. The van der Waals surface area contributed by atoms with Crippen molar-refractivity contribution in [2.75, 3.05) is 13.1 Å². The van der Waals surface area contributed by atoms with Crippen LogP contribution in [0.15, 0.2) is 30.3 Å². The van der Waals surface area contributed by atoms with E-state index in [2.05, 4.69) is 24.3 Å². The molecule has 2 N–H and O–H groups in total. The maximum atomic E-state index is 12.3. The molecule has 0 radical (unpaired) electrons. The SMILES string of the molecule is NC1CCN(C(=O)C2CC2c2ccccc2)CC1. The zero-order chi connectivity index (χ0) is 12.5. The highest BCUT2D eigenvalue weighted by Gasteiger charge is 2.45. The predicted octanol–water partition coefficient (Wildman–Crippen LogP) is 1.74. The van der Waals surface area contributed by atoms with E-state index in [-0.39, 0.29) is 12.0 Å². The van der Waals surface area contributed by atoms with E-state index >= 15 is 0 Å². The van der Waals surface area contributed by atoms with Gasteiger partial charge in [0, 0.05) is 25.0 Å². The Bertz CT molecular complexity index is 423. The first kappa shape index (κ1) is 11.7. The molecule has 1 aliphatic heterocycles. The summed E-state index contributed by atoms with van der Waals surface area (Å²) in [6.07, 6.45) is 2.92. The van der Waals surface area contributed by atoms with Crippen LogP contribution in [-0.2, 0) is 4.79 Å². The molecule has 1 aromatic carbocycles. The van der Waals surface area contributed by atoms with Gasteiger partial charge in [0.2, 0.25) is 5.91 Å². The fraction of sp³-hybridized carbons (Fsp3) is 0.533. The topological polar surface area (TPSA) is 46.3 Å². The van der Waals surface area contributed by atoms with Crippen LogP contribution in [0.5, 0.6) is 0 Å². The third-order valence-electron chi connectivity index (χ3n) is 4.19. The van der Waals surface area contributed by atoms with Crippen molar-refractivity contribution in [3.63, 3.8) is 0 Å². The summed E-state index contributed by atoms with van der Waals surface area (Å²) in [5.41, 5.74) is 7.18. The molecule has 3 rings (SSSR count). The minimum absolute atomic E-state index is 0.224. The highest BCUT2D eigenvalue weighted by molar-refractivity contribution is 5.83. The Labute approximate surface area is 108 Å². The highest BCUT2D eigenvalue weighted by atomic mass is 16.2. The van der Waals surface area contributed by atoms with Gasteiger partial charge in [0.05, 0.1) is 0 Å². The Morgan fingerprint density at radius 2 is 1.83 bits per heavy atom. The normalized spacial score (nSPS) is 28.2. The number of carbonyl (C=O) groups excluding carboxylic acids is 1. The van der Waals surface area contributed by atoms with E-state index in [0.717, 1.165) is 32.4 Å². The van der Waals surface area contributed by atoms with Crippen molar-refractivity contribution in [1.29, 1.82) is 0 Å². The van der Waals surface area contributed by atoms with Crippen LogP contribution in [0.4, 0.5) is 0 Å². The molecule has 1 saturated carbocycles. The van der Waals surface area contributed by atoms with Gasteiger partial charge >= 0.3 is 0 Å². The van der Waals surface area contributed by atoms with Crippen LogP contribution < -0.4 is 5.73 Å². The second-order valence-corrected chi connectivity index (χ2v) is 5.52. The summed E-state index contributed by atoms with van der Waals surface area (Å²) >= 11 is 0. The van der Waals surface area contributed by atoms with Crippen molar-refractivity contribution in [2.24, 2.45) is 11.7 Å². The van der Waals surface area contributed by atoms with Crippen LogP contribution in [0.25, 0.3) is 0 Å². The van der Waals surface area contributed by atoms with Gasteiger partial charge in [-0.2, -0.15) is 0 Å². The molecule has 0 aromatic heterocycles. The van der Waals surface area contributed by atoms with Crippen molar-refractivity contribution < 1.29 is 4.79 Å². The minimum Gasteiger partial charge on any atom is -0.342 e. The number of piperidine rings is 1. The number of nitrogens with zero attached hydrogens (tertiary/aromatic N) is 1. The van der Waals surface area contributed by atoms with Crippen molar-refractivity contribution in [3.8, 4) is 0 Å². The van der Waals surface area contributed by atoms with Gasteiger partial charge < -0.3 is 10.6 Å². The number of hydrogen-bond acceptors (Lipinski definition) is 2. The molecule has 2 fully saturated rings. The van der Waals surface area contributed by atoms with E-state index in [1.807, 2.05) is 11.0 Å². The van der Waals surface area contributed by atoms with Gasteiger partial charge in [-0.25, -0.2) is 0 Å². The van der Waals surface area contributed by atoms with Crippen molar-refractivity contribution in [2.45, 2.75) is 31.2 Å². The van der Waals surface area contributed by atoms with Crippen LogP contribution in [-0.4, -0.2) is 29.9 Å². The Morgan fingerprint density at radius 1 is 1.17 bits per heavy atom. The van der Waals surface area contributed by atoms with E-state index in [0.29, 0.717) is 11.8 Å². The molecule has 2 atom stereocenters. The predicted molar refractivity (Wildman–Crippen MR) is 71.1 cm³/mol. The zero-order valence-corrected chi connectivity index (χ0v) is 10.6. The molecular formula is C15H20N2O. The summed E-state index contributed by atoms with van der Waals surface area (Å²) in [6.45, 7) is 1.69. The van der Waals surface area contributed by atoms with Gasteiger partial charge in [-0.1, -0.05) is 30.3 Å². The molecule has 1 aromatic rings. The fourth-order valence-electron chi connectivity index (χ4n) is 2.89. The number of likely N-dealkylation sites (tertiary alicyclic amines) is 1. The average Bonchev–Trinajstić information content (AvgIpc) is 3.20. The van der Waals surface area contributed by atoms with Crippen LogP contribution in [0.2, 0.25) is 0 Å². The maximum Gasteiger partial charge on any atom is 0.226 e. The van der Waals surface area contributed by atoms with Gasteiger partial charge in [-0.15, -0.1) is 0 Å². The minimum atomic E-state index is 0.224. The molecule has 0 spiro atoms. The third kappa shape index (κ3) is 2.27. The van der Waals surface area contributed by atoms with E-state index < -0.39 is 0 Å². The first-order chi connectivity index (χ1) is 8.75. The second kappa shape index (κ2) is 4.73. The second-order valence-electron chi connectivity index (χ2n) is 5.52. The lowest BCUT2D eigenvalue weighted by Gasteiger charge is -2.30. The smallest absolute Gasteiger partial charge is 0.226 e. The average molecular weight is 244 g/mol. The largest absolute Gasteiger partial charge is 0.342 e. The van der Waals surface area contributed by atoms with Crippen LogP contribution >= 0.6 is 0 Å². The quantitative estimate of drug-likeness (QED) is 0.861. The Morgan fingerprint density at radius 3 is 2.50 bits per heavy atom. The molecule has 1 amide bonds.